The highest BCUT2D eigenvalue weighted by molar-refractivity contribution is 7.92. The van der Waals surface area contributed by atoms with Crippen LogP contribution < -0.4 is 5.32 Å². The maximum atomic E-state index is 12.2. The van der Waals surface area contributed by atoms with Crippen LogP contribution in [0.3, 0.4) is 0 Å². The quantitative estimate of drug-likeness (QED) is 0.833. The van der Waals surface area contributed by atoms with E-state index in [4.69, 9.17) is 11.6 Å². The van der Waals surface area contributed by atoms with E-state index in [2.05, 4.69) is 10.1 Å². The van der Waals surface area contributed by atoms with Gasteiger partial charge in [-0.05, 0) is 24.6 Å². The Balaban J connectivity index is 2.38. The predicted molar refractivity (Wildman–Crippen MR) is 76.4 cm³/mol. The third kappa shape index (κ3) is 2.97. The number of carbonyl (C=O) groups excluding carboxylic acids is 1. The largest absolute Gasteiger partial charge is 0.468 e. The van der Waals surface area contributed by atoms with Crippen molar-refractivity contribution in [1.29, 1.82) is 0 Å². The van der Waals surface area contributed by atoms with Crippen molar-refractivity contribution in [3.05, 3.63) is 34.9 Å². The lowest BCUT2D eigenvalue weighted by Crippen LogP contribution is -2.55. The first-order chi connectivity index (χ1) is 9.35. The van der Waals surface area contributed by atoms with Gasteiger partial charge >= 0.3 is 5.97 Å². The van der Waals surface area contributed by atoms with Crippen molar-refractivity contribution in [2.75, 3.05) is 12.9 Å². The molecule has 1 aliphatic heterocycles. The van der Waals surface area contributed by atoms with E-state index >= 15 is 0 Å². The normalized spacial score (nSPS) is 28.9. The molecule has 0 bridgehead atoms. The number of benzene rings is 1. The van der Waals surface area contributed by atoms with Crippen LogP contribution >= 0.6 is 11.6 Å². The first-order valence-corrected chi connectivity index (χ1v) is 8.25. The average molecular weight is 318 g/mol. The zero-order chi connectivity index (χ0) is 14.9. The Hall–Kier alpha value is -1.11. The Morgan fingerprint density at radius 2 is 2.15 bits per heavy atom. The van der Waals surface area contributed by atoms with E-state index in [9.17, 15) is 13.2 Å². The van der Waals surface area contributed by atoms with Gasteiger partial charge in [-0.1, -0.05) is 23.7 Å². The van der Waals surface area contributed by atoms with Crippen LogP contribution in [-0.4, -0.2) is 38.5 Å². The van der Waals surface area contributed by atoms with Crippen LogP contribution in [0.15, 0.2) is 24.3 Å². The first kappa shape index (κ1) is 15.3. The Labute approximate surface area is 123 Å². The molecule has 20 heavy (non-hydrogen) atoms. The van der Waals surface area contributed by atoms with Gasteiger partial charge in [-0.25, -0.2) is 8.42 Å². The summed E-state index contributed by atoms with van der Waals surface area (Å²) in [5.74, 6) is -0.828. The Bertz CT molecular complexity index is 617. The van der Waals surface area contributed by atoms with Crippen LogP contribution in [0, 0.1) is 0 Å². The van der Waals surface area contributed by atoms with Gasteiger partial charge in [0.2, 0.25) is 0 Å². The summed E-state index contributed by atoms with van der Waals surface area (Å²) in [4.78, 5) is 11.6. The molecule has 1 aromatic carbocycles. The molecule has 0 radical (unpaired) electrons. The zero-order valence-corrected chi connectivity index (χ0v) is 12.7. The van der Waals surface area contributed by atoms with Crippen LogP contribution in [0.2, 0.25) is 5.02 Å². The predicted octanol–water partition coefficient (Wildman–Crippen LogP) is 1.33. The number of rotatable bonds is 2. The Morgan fingerprint density at radius 3 is 2.75 bits per heavy atom. The third-order valence-corrected chi connectivity index (χ3v) is 5.95. The molecule has 0 saturated carbocycles. The second-order valence-electron chi connectivity index (χ2n) is 4.81. The van der Waals surface area contributed by atoms with E-state index in [0.717, 1.165) is 5.56 Å². The van der Waals surface area contributed by atoms with Crippen LogP contribution in [0.4, 0.5) is 0 Å². The minimum atomic E-state index is -3.38. The van der Waals surface area contributed by atoms with E-state index in [-0.39, 0.29) is 5.75 Å². The lowest BCUT2D eigenvalue weighted by atomic mass is 10.0. The van der Waals surface area contributed by atoms with Gasteiger partial charge in [0.1, 0.15) is 6.04 Å². The molecule has 1 fully saturated rings. The van der Waals surface area contributed by atoms with Crippen molar-refractivity contribution in [1.82, 2.24) is 5.32 Å². The van der Waals surface area contributed by atoms with Gasteiger partial charge in [0.15, 0.2) is 9.84 Å². The summed E-state index contributed by atoms with van der Waals surface area (Å²) in [7, 11) is -2.14. The van der Waals surface area contributed by atoms with Crippen LogP contribution in [0.5, 0.6) is 0 Å². The molecule has 7 heteroatoms. The smallest absolute Gasteiger partial charge is 0.323 e. The van der Waals surface area contributed by atoms with E-state index < -0.39 is 33.1 Å². The molecule has 1 aliphatic rings. The Kier molecular flexibility index (Phi) is 4.36. The highest BCUT2D eigenvalue weighted by Crippen LogP contribution is 2.29. The van der Waals surface area contributed by atoms with Crippen LogP contribution in [-0.2, 0) is 19.4 Å². The monoisotopic (exact) mass is 317 g/mol. The number of carbonyl (C=O) groups is 1. The number of ether oxygens (including phenoxy) is 1. The van der Waals surface area contributed by atoms with Crippen molar-refractivity contribution >= 4 is 27.4 Å². The van der Waals surface area contributed by atoms with Gasteiger partial charge in [0, 0.05) is 11.1 Å². The number of hydrogen-bond acceptors (Lipinski definition) is 5. The molecule has 5 nitrogen and oxygen atoms in total. The molecule has 0 spiro atoms. The lowest BCUT2D eigenvalue weighted by Gasteiger charge is -2.34. The maximum Gasteiger partial charge on any atom is 0.323 e. The first-order valence-electron chi connectivity index (χ1n) is 6.16. The second kappa shape index (κ2) is 5.71. The number of sulfone groups is 1. The van der Waals surface area contributed by atoms with Crippen molar-refractivity contribution in [3.63, 3.8) is 0 Å². The fraction of sp³-hybridized carbons (Fsp3) is 0.462. The number of halogens is 1. The standard InChI is InChI=1S/C13H16ClNO4S/c1-8-12(9-4-3-5-10(14)6-9)15-11(13(16)19-2)7-20(8,17)18/h3-6,8,11-12,15H,7H2,1-2H3. The van der Waals surface area contributed by atoms with Crippen molar-refractivity contribution in [3.8, 4) is 0 Å². The average Bonchev–Trinajstić information content (AvgIpc) is 2.40. The summed E-state index contributed by atoms with van der Waals surface area (Å²) in [6.07, 6.45) is 0. The van der Waals surface area contributed by atoms with E-state index in [0.29, 0.717) is 5.02 Å². The molecular formula is C13H16ClNO4S. The minimum Gasteiger partial charge on any atom is -0.468 e. The summed E-state index contributed by atoms with van der Waals surface area (Å²) >= 11 is 5.94. The second-order valence-corrected chi connectivity index (χ2v) is 7.65. The molecule has 0 amide bonds. The fourth-order valence-corrected chi connectivity index (χ4v) is 4.19. The van der Waals surface area contributed by atoms with Gasteiger partial charge in [0.25, 0.3) is 0 Å². The van der Waals surface area contributed by atoms with Gasteiger partial charge in [-0.3, -0.25) is 10.1 Å². The summed E-state index contributed by atoms with van der Waals surface area (Å²) in [6.45, 7) is 1.63. The molecule has 1 N–H and O–H groups in total. The van der Waals surface area contributed by atoms with Crippen molar-refractivity contribution < 1.29 is 17.9 Å². The summed E-state index contributed by atoms with van der Waals surface area (Å²) in [6, 6.07) is 5.60. The van der Waals surface area contributed by atoms with E-state index in [1.54, 1.807) is 31.2 Å². The molecule has 1 saturated heterocycles. The van der Waals surface area contributed by atoms with Gasteiger partial charge in [-0.2, -0.15) is 0 Å². The SMILES string of the molecule is COC(=O)C1CS(=O)(=O)C(C)C(c2cccc(Cl)c2)N1. The molecule has 3 unspecified atom stereocenters. The van der Waals surface area contributed by atoms with Crippen molar-refractivity contribution in [2.24, 2.45) is 0 Å². The molecule has 3 atom stereocenters. The van der Waals surface area contributed by atoms with Gasteiger partial charge in [-0.15, -0.1) is 0 Å². The lowest BCUT2D eigenvalue weighted by molar-refractivity contribution is -0.142. The number of methoxy groups -OCH3 is 1. The Morgan fingerprint density at radius 1 is 1.45 bits per heavy atom. The number of hydrogen-bond donors (Lipinski definition) is 1. The molecule has 110 valence electrons. The molecule has 0 aliphatic carbocycles. The summed E-state index contributed by atoms with van der Waals surface area (Å²) in [5, 5.41) is 2.93. The van der Waals surface area contributed by atoms with Crippen LogP contribution in [0.25, 0.3) is 0 Å². The van der Waals surface area contributed by atoms with Crippen LogP contribution in [0.1, 0.15) is 18.5 Å². The fourth-order valence-electron chi connectivity index (χ4n) is 2.34. The topological polar surface area (TPSA) is 72.5 Å². The molecule has 2 rings (SSSR count). The third-order valence-electron chi connectivity index (χ3n) is 3.51. The van der Waals surface area contributed by atoms with E-state index in [1.165, 1.54) is 7.11 Å². The highest BCUT2D eigenvalue weighted by atomic mass is 35.5. The maximum absolute atomic E-state index is 12.2. The summed E-state index contributed by atoms with van der Waals surface area (Å²) in [5.41, 5.74) is 0.738. The molecular weight excluding hydrogens is 302 g/mol. The van der Waals surface area contributed by atoms with Crippen molar-refractivity contribution in [2.45, 2.75) is 24.3 Å². The van der Waals surface area contributed by atoms with Gasteiger partial charge in [0.05, 0.1) is 18.1 Å². The molecule has 1 heterocycles. The number of nitrogens with one attached hydrogen (secondary N) is 1. The zero-order valence-electron chi connectivity index (χ0n) is 11.2. The minimum absolute atomic E-state index is 0.252. The van der Waals surface area contributed by atoms with E-state index in [1.807, 2.05) is 0 Å². The molecule has 0 aromatic heterocycles. The number of esters is 1. The summed E-state index contributed by atoms with van der Waals surface area (Å²) < 4.78 is 29.0. The van der Waals surface area contributed by atoms with Gasteiger partial charge < -0.3 is 4.74 Å². The highest BCUT2D eigenvalue weighted by Gasteiger charge is 2.42. The molecule has 1 aromatic rings.